The van der Waals surface area contributed by atoms with E-state index in [4.69, 9.17) is 38.6 Å². The topological polar surface area (TPSA) is 188 Å². The van der Waals surface area contributed by atoms with Crippen molar-refractivity contribution in [2.75, 3.05) is 40.1 Å². The maximum atomic E-state index is 11.1. The second kappa shape index (κ2) is 24.1. The first-order chi connectivity index (χ1) is 27.7. The van der Waals surface area contributed by atoms with E-state index < -0.39 is 0 Å². The van der Waals surface area contributed by atoms with Crippen LogP contribution in [0.1, 0.15) is 99.8 Å². The average Bonchev–Trinajstić information content (AvgIpc) is 4.01. The van der Waals surface area contributed by atoms with Crippen molar-refractivity contribution in [3.63, 3.8) is 0 Å². The zero-order valence-electron chi connectivity index (χ0n) is 38.0. The molecule has 5 saturated carbocycles. The molecule has 13 nitrogen and oxygen atoms in total. The molecule has 11 rings (SSSR count). The van der Waals surface area contributed by atoms with E-state index in [0.717, 1.165) is 63.7 Å². The predicted molar refractivity (Wildman–Crippen MR) is 219 cm³/mol. The molecule has 3 radical (unpaired) electrons. The first kappa shape index (κ1) is 52.0. The Hall–Kier alpha value is -0.585. The summed E-state index contributed by atoms with van der Waals surface area (Å²) in [5, 5.41) is 36.6. The molecule has 11 aliphatic rings. The molecule has 15 heteroatoms. The number of fused-ring (bicyclic) bond motifs is 5. The number of ether oxygens (including phenoxy) is 6. The summed E-state index contributed by atoms with van der Waals surface area (Å²) >= 11 is 0. The van der Waals surface area contributed by atoms with Gasteiger partial charge in [0.1, 0.15) is 19.8 Å². The number of carbonyl (C=O) groups is 3. The summed E-state index contributed by atoms with van der Waals surface area (Å²) < 4.78 is 31.9. The number of carbonyl (C=O) groups excluding carboxylic acids is 3. The van der Waals surface area contributed by atoms with Crippen molar-refractivity contribution in [3.05, 3.63) is 12.2 Å². The third kappa shape index (κ3) is 13.7. The van der Waals surface area contributed by atoms with Gasteiger partial charge in [-0.2, -0.15) is 0 Å². The molecule has 4 N–H and O–H groups in total. The van der Waals surface area contributed by atoms with Gasteiger partial charge in [-0.15, -0.1) is 0 Å². The van der Waals surface area contributed by atoms with Crippen LogP contribution in [-0.4, -0.2) is 147 Å². The van der Waals surface area contributed by atoms with Crippen LogP contribution in [0, 0.1) is 53.3 Å². The van der Waals surface area contributed by atoms with Gasteiger partial charge in [0, 0.05) is 51.5 Å². The van der Waals surface area contributed by atoms with Crippen LogP contribution in [0.2, 0.25) is 0 Å². The van der Waals surface area contributed by atoms with E-state index in [1.165, 1.54) is 0 Å². The van der Waals surface area contributed by atoms with Gasteiger partial charge in [0.15, 0.2) is 17.3 Å². The van der Waals surface area contributed by atoms with Crippen molar-refractivity contribution in [1.29, 1.82) is 0 Å². The summed E-state index contributed by atoms with van der Waals surface area (Å²) in [6, 6.07) is 0. The fraction of sp³-hybridized carbons (Fsp3) is 0.889. The maximum Gasteiger partial charge on any atom is 1.00 e. The van der Waals surface area contributed by atoms with Crippen LogP contribution in [0.4, 0.5) is 0 Å². The number of aliphatic hydroxyl groups is 4. The minimum Gasteiger partial charge on any atom is -1.00 e. The van der Waals surface area contributed by atoms with E-state index in [1.54, 1.807) is 7.11 Å². The van der Waals surface area contributed by atoms with E-state index >= 15 is 0 Å². The molecule has 0 aromatic heterocycles. The summed E-state index contributed by atoms with van der Waals surface area (Å²) in [5.41, 5.74) is 0. The molecule has 5 saturated heterocycles. The monoisotopic (exact) mass is 856 g/mol. The summed E-state index contributed by atoms with van der Waals surface area (Å²) in [6.07, 6.45) is 15.0. The molecule has 0 amide bonds. The number of ketones is 3. The Bertz CT molecular complexity index is 1310. The number of methoxy groups -OCH3 is 1. The van der Waals surface area contributed by atoms with Crippen LogP contribution in [0.5, 0.6) is 0 Å². The zero-order valence-corrected chi connectivity index (χ0v) is 39.0. The normalized spacial score (nSPS) is 45.7. The van der Waals surface area contributed by atoms with E-state index in [0.29, 0.717) is 86.5 Å². The second-order valence-electron chi connectivity index (χ2n) is 19.3. The van der Waals surface area contributed by atoms with Gasteiger partial charge in [0.05, 0.1) is 74.3 Å². The van der Waals surface area contributed by atoms with Crippen LogP contribution < -0.4 is 29.6 Å². The molecule has 10 fully saturated rings. The van der Waals surface area contributed by atoms with E-state index in [1.807, 2.05) is 12.2 Å². The predicted octanol–water partition coefficient (Wildman–Crippen LogP) is 0.368. The first-order valence-electron chi connectivity index (χ1n) is 22.3. The Balaban J connectivity index is 0.000000194. The van der Waals surface area contributed by atoms with Crippen molar-refractivity contribution in [2.24, 2.45) is 53.3 Å². The van der Waals surface area contributed by atoms with Gasteiger partial charge in [-0.25, -0.2) is 0 Å². The molecular weight excluding hydrogens is 782 g/mol. The number of aliphatic hydroxyl groups excluding tert-OH is 4. The number of rotatable bonds is 1. The zero-order chi connectivity index (χ0) is 41.7. The fourth-order valence-electron chi connectivity index (χ4n) is 11.2. The van der Waals surface area contributed by atoms with Crippen molar-refractivity contribution in [1.82, 2.24) is 0 Å². The minimum absolute atomic E-state index is 0. The van der Waals surface area contributed by atoms with Crippen molar-refractivity contribution in [3.8, 4) is 0 Å². The van der Waals surface area contributed by atoms with Crippen LogP contribution in [0.25, 0.3) is 0 Å². The third-order valence-corrected chi connectivity index (χ3v) is 14.3. The largest absolute Gasteiger partial charge is 1.00 e. The fourth-order valence-corrected chi connectivity index (χ4v) is 11.2. The Morgan fingerprint density at radius 3 is 1.43 bits per heavy atom. The van der Waals surface area contributed by atoms with Gasteiger partial charge in [-0.05, 0) is 87.9 Å². The van der Waals surface area contributed by atoms with E-state index in [-0.39, 0.29) is 124 Å². The number of Topliss-reactive ketones (excluding diaryl/α,β-unsaturated/α-hetero) is 3. The molecule has 0 aromatic carbocycles. The van der Waals surface area contributed by atoms with Gasteiger partial charge in [0.25, 0.3) is 0 Å². The number of hydrogen-bond donors (Lipinski definition) is 4. The molecule has 19 atom stereocenters. The molecule has 335 valence electrons. The molecule has 5 aliphatic heterocycles. The Kier molecular flexibility index (Phi) is 20.9. The van der Waals surface area contributed by atoms with E-state index in [9.17, 15) is 24.6 Å². The Labute approximate surface area is 383 Å². The van der Waals surface area contributed by atoms with Gasteiger partial charge in [-0.1, -0.05) is 39.8 Å². The third-order valence-electron chi connectivity index (χ3n) is 14.3. The summed E-state index contributed by atoms with van der Waals surface area (Å²) in [4.78, 5) is 33.1. The molecule has 60 heavy (non-hydrogen) atoms. The molecule has 5 heterocycles. The van der Waals surface area contributed by atoms with Crippen molar-refractivity contribution < 1.29 is 94.2 Å². The number of allylic oxidation sites excluding steroid dienone is 1. The van der Waals surface area contributed by atoms with E-state index in [2.05, 4.69) is 27.7 Å². The standard InChI is InChI=1S/C8H14O3.C8H14O2.2C8H12O2.C7H10O3.C6H10O.B.Na.H/c1-10-8-4-11-7-3-5(9)2-6(7)8;3*1-5-2-6-7(9)4-10-8(6)3-5;8-4-1-5-6(9)3-10-7(5)2-4;1-5-2-3-6(7)4-5;;;/h5-9H,2-4H2,1H3;5-9H,2-4H2,1H3;2*5-6,8H,2-4H2,1H3;4-5,7-8H,1-3H2;2-3,5-7H,4H2,1H3;;;/q;;;;;;;+1;-1/t5-,6+,7-,8-;5-,6-,7-,8-;2*5-,6-,8-;4-,5-,7-;5-,6+;;;/m111111.../s1. The average molecular weight is 856 g/mol. The second-order valence-corrected chi connectivity index (χ2v) is 19.3. The van der Waals surface area contributed by atoms with Gasteiger partial charge in [-0.3, -0.25) is 14.4 Å². The SMILES string of the molecule is CO[C@@H]1CO[C@@H]2C[C@H](O)C[C@H]12.C[C@@H]1C=C[C@H](O)C1.C[C@@H]1C[C@@H]2C(=O)CO[C@@H]2C1.C[C@@H]1C[C@@H]2C(=O)CO[C@@H]2C1.C[C@@H]1C[C@@H]2[C@H](O)CO[C@@H]2C1.O=C1CO[C@@H]2C[C@H](O)C[C@H]12.[B].[H-].[Na+]. The smallest absolute Gasteiger partial charge is 1.00 e. The van der Waals surface area contributed by atoms with Crippen molar-refractivity contribution >= 4 is 25.8 Å². The quantitative estimate of drug-likeness (QED) is 0.210. The Morgan fingerprint density at radius 2 is 0.983 bits per heavy atom. The summed E-state index contributed by atoms with van der Waals surface area (Å²) in [6.45, 7) is 11.0. The molecule has 0 aromatic rings. The molecule has 0 unspecified atom stereocenters. The van der Waals surface area contributed by atoms with Crippen LogP contribution in [0.3, 0.4) is 0 Å². The molecule has 0 spiro atoms. The number of hydrogen-bond acceptors (Lipinski definition) is 13. The van der Waals surface area contributed by atoms with Gasteiger partial charge >= 0.3 is 29.6 Å². The first-order valence-corrected chi connectivity index (χ1v) is 22.3. The summed E-state index contributed by atoms with van der Waals surface area (Å²) in [7, 11) is 1.71. The van der Waals surface area contributed by atoms with Crippen LogP contribution >= 0.6 is 0 Å². The van der Waals surface area contributed by atoms with Gasteiger partial charge < -0.3 is 50.3 Å². The maximum absolute atomic E-state index is 11.1. The van der Waals surface area contributed by atoms with Crippen LogP contribution in [0.15, 0.2) is 12.2 Å². The summed E-state index contributed by atoms with van der Waals surface area (Å²) in [5.74, 6) is 4.98. The molecular formula is C45H73BNaO13. The molecule has 0 bridgehead atoms. The minimum atomic E-state index is -0.306. The van der Waals surface area contributed by atoms with Crippen molar-refractivity contribution in [2.45, 2.75) is 159 Å². The van der Waals surface area contributed by atoms with Crippen LogP contribution in [-0.2, 0) is 42.8 Å². The molecule has 6 aliphatic carbocycles. The van der Waals surface area contributed by atoms with Gasteiger partial charge in [0.2, 0.25) is 0 Å². The Morgan fingerprint density at radius 1 is 0.533 bits per heavy atom.